The zero-order valence-corrected chi connectivity index (χ0v) is 28.5. The summed E-state index contributed by atoms with van der Waals surface area (Å²) in [5, 5.41) is 8.34. The maximum absolute atomic E-state index is 5.21. The van der Waals surface area contributed by atoms with Crippen LogP contribution in [0.2, 0.25) is 0 Å². The van der Waals surface area contributed by atoms with Crippen LogP contribution in [0.1, 0.15) is 0 Å². The summed E-state index contributed by atoms with van der Waals surface area (Å²) >= 11 is 0. The van der Waals surface area contributed by atoms with Gasteiger partial charge >= 0.3 is 0 Å². The molecule has 0 radical (unpaired) electrons. The third-order valence-corrected chi connectivity index (χ3v) is 11.0. The van der Waals surface area contributed by atoms with Gasteiger partial charge in [0.05, 0.1) is 38.6 Å². The number of pyridine rings is 2. The van der Waals surface area contributed by atoms with Gasteiger partial charge in [-0.15, -0.1) is 0 Å². The molecule has 0 amide bonds. The summed E-state index contributed by atoms with van der Waals surface area (Å²) in [6.07, 6.45) is 1.95. The predicted molar refractivity (Wildman–Crippen MR) is 220 cm³/mol. The van der Waals surface area contributed by atoms with Crippen molar-refractivity contribution in [2.45, 2.75) is 0 Å². The normalized spacial score (nSPS) is 12.2. The van der Waals surface area contributed by atoms with Crippen LogP contribution < -0.4 is 0 Å². The van der Waals surface area contributed by atoms with Crippen molar-refractivity contribution in [2.24, 2.45) is 0 Å². The molecule has 0 bridgehead atoms. The molecule has 5 heterocycles. The van der Waals surface area contributed by atoms with E-state index in [4.69, 9.17) is 9.97 Å². The van der Waals surface area contributed by atoms with Gasteiger partial charge in [0.25, 0.3) is 0 Å². The lowest BCUT2D eigenvalue weighted by atomic mass is 10.0. The van der Waals surface area contributed by atoms with Crippen molar-refractivity contribution in [1.82, 2.24) is 23.5 Å². The fourth-order valence-electron chi connectivity index (χ4n) is 8.81. The van der Waals surface area contributed by atoms with Crippen LogP contribution in [0.5, 0.6) is 0 Å². The van der Waals surface area contributed by atoms with E-state index >= 15 is 0 Å². The maximum atomic E-state index is 5.21. The highest BCUT2D eigenvalue weighted by molar-refractivity contribution is 6.28. The first-order valence-electron chi connectivity index (χ1n) is 18.0. The molecule has 7 aromatic carbocycles. The molecular weight excluding hydrogens is 647 g/mol. The Morgan fingerprint density at radius 1 is 0.396 bits per heavy atom. The van der Waals surface area contributed by atoms with Gasteiger partial charge in [0.1, 0.15) is 11.5 Å². The molecule has 12 aromatic rings. The Morgan fingerprint density at radius 3 is 1.85 bits per heavy atom. The van der Waals surface area contributed by atoms with Gasteiger partial charge in [-0.05, 0) is 83.9 Å². The Bertz CT molecular complexity index is 3460. The zero-order chi connectivity index (χ0) is 34.6. The standard InChI is InChI=1S/C48H29N5/c1-2-12-32(13-3-1)51-40-18-8-5-15-34(40)38-28-30(22-25-43(38)51)31-26-27-49-45(29-31)53-41-19-9-4-14-33(41)35-23-24-37-46(47(35)53)36-16-6-10-20-42(36)52-44-21-11-7-17-39(44)50-48(37)52/h1-29H. The highest BCUT2D eigenvalue weighted by Crippen LogP contribution is 2.42. The lowest BCUT2D eigenvalue weighted by Gasteiger charge is -2.14. The topological polar surface area (TPSA) is 40.0 Å². The minimum absolute atomic E-state index is 0.880. The van der Waals surface area contributed by atoms with Crippen LogP contribution in [-0.4, -0.2) is 23.5 Å². The minimum Gasteiger partial charge on any atom is -0.309 e. The van der Waals surface area contributed by atoms with Gasteiger partial charge in [-0.1, -0.05) is 97.1 Å². The predicted octanol–water partition coefficient (Wildman–Crippen LogP) is 12.1. The lowest BCUT2D eigenvalue weighted by molar-refractivity contribution is 1.08. The fourth-order valence-corrected chi connectivity index (χ4v) is 8.81. The smallest absolute Gasteiger partial charge is 0.146 e. The summed E-state index contributed by atoms with van der Waals surface area (Å²) in [6.45, 7) is 0. The van der Waals surface area contributed by atoms with Crippen LogP contribution in [0.3, 0.4) is 0 Å². The number of benzene rings is 7. The molecule has 0 spiro atoms. The van der Waals surface area contributed by atoms with Crippen molar-refractivity contribution in [3.05, 3.63) is 176 Å². The maximum Gasteiger partial charge on any atom is 0.146 e. The van der Waals surface area contributed by atoms with E-state index in [1.54, 1.807) is 0 Å². The average Bonchev–Trinajstić information content (AvgIpc) is 3.89. The van der Waals surface area contributed by atoms with Gasteiger partial charge in [-0.25, -0.2) is 9.97 Å². The zero-order valence-electron chi connectivity index (χ0n) is 28.5. The van der Waals surface area contributed by atoms with Crippen molar-refractivity contribution in [3.63, 3.8) is 0 Å². The van der Waals surface area contributed by atoms with E-state index in [0.717, 1.165) is 61.2 Å². The quantitative estimate of drug-likeness (QED) is 0.175. The Labute approximate surface area is 303 Å². The second-order valence-corrected chi connectivity index (χ2v) is 13.8. The van der Waals surface area contributed by atoms with Crippen molar-refractivity contribution in [1.29, 1.82) is 0 Å². The molecular formula is C48H29N5. The van der Waals surface area contributed by atoms with Crippen LogP contribution in [-0.2, 0) is 0 Å². The van der Waals surface area contributed by atoms with Gasteiger partial charge in [0.2, 0.25) is 0 Å². The van der Waals surface area contributed by atoms with Gasteiger partial charge in [-0.3, -0.25) is 8.97 Å². The van der Waals surface area contributed by atoms with Crippen LogP contribution in [0.4, 0.5) is 0 Å². The monoisotopic (exact) mass is 675 g/mol. The number of hydrogen-bond acceptors (Lipinski definition) is 2. The highest BCUT2D eigenvalue weighted by atomic mass is 15.1. The summed E-state index contributed by atoms with van der Waals surface area (Å²) < 4.78 is 7.04. The highest BCUT2D eigenvalue weighted by Gasteiger charge is 2.21. The third-order valence-electron chi connectivity index (χ3n) is 11.0. The summed E-state index contributed by atoms with van der Waals surface area (Å²) in [5.41, 5.74) is 12.3. The second-order valence-electron chi connectivity index (χ2n) is 13.8. The first-order chi connectivity index (χ1) is 26.3. The summed E-state index contributed by atoms with van der Waals surface area (Å²) in [6, 6.07) is 60.9. The van der Waals surface area contributed by atoms with Crippen molar-refractivity contribution >= 4 is 82.0 Å². The Hall–Kier alpha value is -7.24. The summed E-state index contributed by atoms with van der Waals surface area (Å²) in [4.78, 5) is 10.3. The third kappa shape index (κ3) is 3.91. The molecule has 0 N–H and O–H groups in total. The van der Waals surface area contributed by atoms with Gasteiger partial charge < -0.3 is 4.57 Å². The van der Waals surface area contributed by atoms with Gasteiger partial charge in [-0.2, -0.15) is 0 Å². The average molecular weight is 676 g/mol. The van der Waals surface area contributed by atoms with Crippen LogP contribution in [0.15, 0.2) is 176 Å². The van der Waals surface area contributed by atoms with Crippen LogP contribution in [0, 0.1) is 0 Å². The number of aromatic nitrogens is 5. The summed E-state index contributed by atoms with van der Waals surface area (Å²) in [7, 11) is 0. The largest absolute Gasteiger partial charge is 0.309 e. The van der Waals surface area contributed by atoms with Crippen molar-refractivity contribution in [3.8, 4) is 22.6 Å². The molecule has 5 aromatic heterocycles. The first-order valence-corrected chi connectivity index (χ1v) is 18.0. The number of rotatable bonds is 3. The molecule has 0 fully saturated rings. The van der Waals surface area contributed by atoms with E-state index in [0.29, 0.717) is 0 Å². The molecule has 0 saturated carbocycles. The van der Waals surface area contributed by atoms with E-state index in [1.165, 1.54) is 43.4 Å². The van der Waals surface area contributed by atoms with Crippen molar-refractivity contribution < 1.29 is 0 Å². The summed E-state index contributed by atoms with van der Waals surface area (Å²) in [5.74, 6) is 0.880. The van der Waals surface area contributed by atoms with Crippen LogP contribution >= 0.6 is 0 Å². The molecule has 0 atom stereocenters. The first kappa shape index (κ1) is 28.5. The molecule has 0 aliphatic heterocycles. The molecule has 0 aliphatic carbocycles. The second kappa shape index (κ2) is 10.6. The number of para-hydroxylation sites is 6. The fraction of sp³-hybridized carbons (Fsp3) is 0. The number of hydrogen-bond donors (Lipinski definition) is 0. The molecule has 5 nitrogen and oxygen atoms in total. The van der Waals surface area contributed by atoms with E-state index in [2.05, 4.69) is 183 Å². The SMILES string of the molecule is c1ccc(-n2c3ccccc3c3cc(-c4ccnc(-n5c6ccccc6c6ccc7c(c8ccccc8n8c9ccccc9nc78)c65)c4)ccc32)cc1. The molecule has 53 heavy (non-hydrogen) atoms. The Balaban J connectivity index is 1.14. The van der Waals surface area contributed by atoms with Gasteiger partial charge in [0.15, 0.2) is 0 Å². The number of nitrogens with zero attached hydrogens (tertiary/aromatic N) is 5. The molecule has 5 heteroatoms. The number of imidazole rings is 1. The Kier molecular flexibility index (Phi) is 5.71. The van der Waals surface area contributed by atoms with Crippen LogP contribution in [0.25, 0.3) is 105 Å². The van der Waals surface area contributed by atoms with E-state index in [1.807, 2.05) is 6.20 Å². The lowest BCUT2D eigenvalue weighted by Crippen LogP contribution is -1.99. The van der Waals surface area contributed by atoms with Gasteiger partial charge in [0, 0.05) is 49.6 Å². The molecule has 0 unspecified atom stereocenters. The molecule has 12 rings (SSSR count). The molecule has 0 aliphatic rings. The number of fused-ring (bicyclic) bond motifs is 15. The minimum atomic E-state index is 0.880. The Morgan fingerprint density at radius 2 is 1.02 bits per heavy atom. The van der Waals surface area contributed by atoms with Crippen molar-refractivity contribution in [2.75, 3.05) is 0 Å². The van der Waals surface area contributed by atoms with E-state index < -0.39 is 0 Å². The van der Waals surface area contributed by atoms with E-state index in [-0.39, 0.29) is 0 Å². The molecule has 0 saturated heterocycles. The van der Waals surface area contributed by atoms with E-state index in [9.17, 15) is 0 Å². The molecule has 246 valence electrons.